The fourth-order valence-electron chi connectivity index (χ4n) is 3.30. The number of nitrogens with zero attached hydrogens (tertiary/aromatic N) is 3. The Morgan fingerprint density at radius 3 is 2.08 bits per heavy atom. The molecule has 1 heterocycles. The SMILES string of the molecule is CCN1/C(=C/C=Nc2ccccc2)N(c2ccccc2)c2ccccc21. The number of aliphatic imine (C=N–C) groups is 1. The van der Waals surface area contributed by atoms with Crippen molar-refractivity contribution in [3.8, 4) is 0 Å². The van der Waals surface area contributed by atoms with Crippen molar-refractivity contribution < 1.29 is 0 Å². The fraction of sp³-hybridized carbons (Fsp3) is 0.0870. The molecule has 0 N–H and O–H groups in total. The Balaban J connectivity index is 1.77. The van der Waals surface area contributed by atoms with Gasteiger partial charge in [-0.25, -0.2) is 0 Å². The van der Waals surface area contributed by atoms with Crippen molar-refractivity contribution in [2.75, 3.05) is 16.3 Å². The van der Waals surface area contributed by atoms with Gasteiger partial charge in [0.05, 0.1) is 17.1 Å². The van der Waals surface area contributed by atoms with E-state index in [9.17, 15) is 0 Å². The molecule has 128 valence electrons. The van der Waals surface area contributed by atoms with Crippen LogP contribution < -0.4 is 9.80 Å². The van der Waals surface area contributed by atoms with Crippen molar-refractivity contribution in [2.24, 2.45) is 4.99 Å². The van der Waals surface area contributed by atoms with E-state index in [0.29, 0.717) is 0 Å². The number of hydrogen-bond donors (Lipinski definition) is 0. The number of benzene rings is 3. The van der Waals surface area contributed by atoms with E-state index in [1.54, 1.807) is 0 Å². The van der Waals surface area contributed by atoms with E-state index in [1.807, 2.05) is 42.6 Å². The maximum absolute atomic E-state index is 4.57. The lowest BCUT2D eigenvalue weighted by Gasteiger charge is -2.24. The van der Waals surface area contributed by atoms with Gasteiger partial charge in [-0.05, 0) is 49.4 Å². The lowest BCUT2D eigenvalue weighted by Crippen LogP contribution is -2.25. The Kier molecular flexibility index (Phi) is 4.52. The van der Waals surface area contributed by atoms with Crippen molar-refractivity contribution >= 4 is 29.0 Å². The molecule has 26 heavy (non-hydrogen) atoms. The van der Waals surface area contributed by atoms with E-state index in [1.165, 1.54) is 11.4 Å². The Morgan fingerprint density at radius 1 is 0.769 bits per heavy atom. The number of rotatable bonds is 4. The van der Waals surface area contributed by atoms with Gasteiger partial charge in [0.15, 0.2) is 0 Å². The smallest absolute Gasteiger partial charge is 0.119 e. The zero-order chi connectivity index (χ0) is 17.8. The van der Waals surface area contributed by atoms with Crippen LogP contribution in [0.5, 0.6) is 0 Å². The van der Waals surface area contributed by atoms with Gasteiger partial charge in [0.25, 0.3) is 0 Å². The normalized spacial score (nSPS) is 15.0. The Morgan fingerprint density at radius 2 is 1.38 bits per heavy atom. The monoisotopic (exact) mass is 339 g/mol. The van der Waals surface area contributed by atoms with Gasteiger partial charge in [-0.1, -0.05) is 48.5 Å². The number of anilines is 3. The highest BCUT2D eigenvalue weighted by Crippen LogP contribution is 2.45. The van der Waals surface area contributed by atoms with Crippen molar-refractivity contribution in [1.29, 1.82) is 0 Å². The summed E-state index contributed by atoms with van der Waals surface area (Å²) in [5.41, 5.74) is 4.52. The highest BCUT2D eigenvalue weighted by Gasteiger charge is 2.30. The molecule has 3 aromatic rings. The van der Waals surface area contributed by atoms with E-state index in [-0.39, 0.29) is 0 Å². The summed E-state index contributed by atoms with van der Waals surface area (Å²) in [6.07, 6.45) is 3.97. The van der Waals surface area contributed by atoms with E-state index in [4.69, 9.17) is 0 Å². The van der Waals surface area contributed by atoms with Crippen molar-refractivity contribution in [3.63, 3.8) is 0 Å². The first-order chi connectivity index (χ1) is 12.9. The van der Waals surface area contributed by atoms with E-state index < -0.39 is 0 Å². The summed E-state index contributed by atoms with van der Waals surface area (Å²) in [5.74, 6) is 1.11. The summed E-state index contributed by atoms with van der Waals surface area (Å²) in [5, 5.41) is 0. The maximum Gasteiger partial charge on any atom is 0.119 e. The molecule has 1 aliphatic rings. The molecule has 3 heteroatoms. The molecule has 0 aromatic heterocycles. The number of fused-ring (bicyclic) bond motifs is 1. The number of para-hydroxylation sites is 4. The molecule has 0 aliphatic carbocycles. The molecular formula is C23H21N3. The zero-order valence-corrected chi connectivity index (χ0v) is 14.8. The Bertz CT molecular complexity index is 930. The molecule has 1 aliphatic heterocycles. The van der Waals surface area contributed by atoms with E-state index >= 15 is 0 Å². The van der Waals surface area contributed by atoms with Gasteiger partial charge in [-0.15, -0.1) is 0 Å². The van der Waals surface area contributed by atoms with Crippen LogP contribution in [0.1, 0.15) is 6.92 Å². The first kappa shape index (κ1) is 16.2. The Labute approximate surface area is 154 Å². The molecule has 4 rings (SSSR count). The van der Waals surface area contributed by atoms with Gasteiger partial charge in [0, 0.05) is 18.4 Å². The molecule has 3 nitrogen and oxygen atoms in total. The number of allylic oxidation sites excluding steroid dienone is 1. The molecule has 0 bridgehead atoms. The molecule has 0 atom stereocenters. The molecule has 0 saturated carbocycles. The second kappa shape index (κ2) is 7.28. The van der Waals surface area contributed by atoms with Gasteiger partial charge in [0.1, 0.15) is 5.82 Å². The van der Waals surface area contributed by atoms with Crippen LogP contribution in [0.2, 0.25) is 0 Å². The molecular weight excluding hydrogens is 318 g/mol. The first-order valence-corrected chi connectivity index (χ1v) is 8.89. The van der Waals surface area contributed by atoms with Crippen LogP contribution in [0.4, 0.5) is 22.7 Å². The number of hydrogen-bond acceptors (Lipinski definition) is 3. The van der Waals surface area contributed by atoms with Crippen LogP contribution in [0, 0.1) is 0 Å². The predicted molar refractivity (Wildman–Crippen MR) is 111 cm³/mol. The Hall–Kier alpha value is -3.33. The molecule has 0 spiro atoms. The van der Waals surface area contributed by atoms with E-state index in [2.05, 4.69) is 76.3 Å². The van der Waals surface area contributed by atoms with Crippen LogP contribution in [-0.2, 0) is 0 Å². The maximum atomic E-state index is 4.57. The minimum absolute atomic E-state index is 0.894. The third-order valence-electron chi connectivity index (χ3n) is 4.45. The predicted octanol–water partition coefficient (Wildman–Crippen LogP) is 5.91. The van der Waals surface area contributed by atoms with Gasteiger partial charge in [0.2, 0.25) is 0 Å². The molecule has 3 aromatic carbocycles. The quantitative estimate of drug-likeness (QED) is 0.550. The van der Waals surface area contributed by atoms with Crippen LogP contribution in [0.15, 0.2) is 102 Å². The largest absolute Gasteiger partial charge is 0.326 e. The molecule has 0 amide bonds. The highest BCUT2D eigenvalue weighted by molar-refractivity contribution is 5.91. The van der Waals surface area contributed by atoms with Crippen LogP contribution in [0.3, 0.4) is 0 Å². The molecule has 0 unspecified atom stereocenters. The standard InChI is InChI=1S/C23H21N3/c1-2-25-21-15-9-10-16-22(21)26(20-13-7-4-8-14-20)23(25)17-18-24-19-11-5-3-6-12-19/h3-18H,2H2,1H3/b23-17-,24-18?. The average Bonchev–Trinajstić information content (AvgIpc) is 3.02. The van der Waals surface area contributed by atoms with Gasteiger partial charge >= 0.3 is 0 Å². The van der Waals surface area contributed by atoms with Crippen LogP contribution in [0.25, 0.3) is 0 Å². The second-order valence-corrected chi connectivity index (χ2v) is 6.04. The average molecular weight is 339 g/mol. The summed E-state index contributed by atoms with van der Waals surface area (Å²) in [7, 11) is 0. The minimum Gasteiger partial charge on any atom is -0.326 e. The summed E-state index contributed by atoms with van der Waals surface area (Å²) in [6.45, 7) is 3.07. The first-order valence-electron chi connectivity index (χ1n) is 8.89. The lowest BCUT2D eigenvalue weighted by atomic mass is 10.2. The van der Waals surface area contributed by atoms with Crippen LogP contribution in [-0.4, -0.2) is 12.8 Å². The van der Waals surface area contributed by atoms with Gasteiger partial charge < -0.3 is 4.90 Å². The lowest BCUT2D eigenvalue weighted by molar-refractivity contribution is 0.964. The van der Waals surface area contributed by atoms with Crippen molar-refractivity contribution in [2.45, 2.75) is 6.92 Å². The van der Waals surface area contributed by atoms with Crippen molar-refractivity contribution in [1.82, 2.24) is 0 Å². The summed E-state index contributed by atoms with van der Waals surface area (Å²) in [6, 6.07) is 29.0. The molecule has 0 radical (unpaired) electrons. The third-order valence-corrected chi connectivity index (χ3v) is 4.45. The minimum atomic E-state index is 0.894. The topological polar surface area (TPSA) is 18.8 Å². The zero-order valence-electron chi connectivity index (χ0n) is 14.8. The molecule has 0 saturated heterocycles. The van der Waals surface area contributed by atoms with Gasteiger partial charge in [-0.2, -0.15) is 0 Å². The van der Waals surface area contributed by atoms with Crippen LogP contribution >= 0.6 is 0 Å². The van der Waals surface area contributed by atoms with E-state index in [0.717, 1.165) is 23.7 Å². The summed E-state index contributed by atoms with van der Waals surface area (Å²) in [4.78, 5) is 9.18. The summed E-state index contributed by atoms with van der Waals surface area (Å²) < 4.78 is 0. The third kappa shape index (κ3) is 3.00. The molecule has 0 fully saturated rings. The highest BCUT2D eigenvalue weighted by atomic mass is 15.4. The fourth-order valence-corrected chi connectivity index (χ4v) is 3.30. The van der Waals surface area contributed by atoms with Crippen molar-refractivity contribution in [3.05, 3.63) is 96.8 Å². The van der Waals surface area contributed by atoms with Gasteiger partial charge in [-0.3, -0.25) is 9.89 Å². The summed E-state index contributed by atoms with van der Waals surface area (Å²) >= 11 is 0. The second-order valence-electron chi connectivity index (χ2n) is 6.04.